The summed E-state index contributed by atoms with van der Waals surface area (Å²) in [6.45, 7) is 0. The quantitative estimate of drug-likeness (QED) is 0.864. The molecule has 1 aliphatic carbocycles. The van der Waals surface area contributed by atoms with Gasteiger partial charge in [-0.3, -0.25) is 9.59 Å². The monoisotopic (exact) mass is 370 g/mol. The molecule has 5 nitrogen and oxygen atoms in total. The molecule has 132 valence electrons. The standard InChI is InChI=1S/C16H13F3N2O3S/c17-16(18,19)24-10-6-2-1-4-8(10)14(23)21-15-12(13(20)22)9-5-3-7-11(9)25-15/h1-2,4,6H,3,5,7H2,(H2,20,22)(H,21,23). The lowest BCUT2D eigenvalue weighted by Crippen LogP contribution is -2.21. The van der Waals surface area contributed by atoms with Crippen molar-refractivity contribution >= 4 is 28.2 Å². The molecule has 2 aromatic rings. The Kier molecular flexibility index (Phi) is 4.42. The van der Waals surface area contributed by atoms with Gasteiger partial charge in [0.25, 0.3) is 11.8 Å². The maximum absolute atomic E-state index is 12.5. The van der Waals surface area contributed by atoms with Crippen LogP contribution < -0.4 is 15.8 Å². The highest BCUT2D eigenvalue weighted by atomic mass is 32.1. The number of halogens is 3. The summed E-state index contributed by atoms with van der Waals surface area (Å²) in [6.07, 6.45) is -2.55. The molecule has 0 unspecified atom stereocenters. The van der Waals surface area contributed by atoms with E-state index < -0.39 is 23.9 Å². The maximum atomic E-state index is 12.5. The highest BCUT2D eigenvalue weighted by molar-refractivity contribution is 7.17. The average Bonchev–Trinajstić information content (AvgIpc) is 3.05. The molecule has 3 N–H and O–H groups in total. The van der Waals surface area contributed by atoms with Crippen LogP contribution in [-0.2, 0) is 12.8 Å². The number of aryl methyl sites for hydroxylation is 1. The van der Waals surface area contributed by atoms with E-state index in [2.05, 4.69) is 10.1 Å². The van der Waals surface area contributed by atoms with Gasteiger partial charge < -0.3 is 15.8 Å². The number of ether oxygens (including phenoxy) is 1. The molecular formula is C16H13F3N2O3S. The molecule has 1 aromatic heterocycles. The highest BCUT2D eigenvalue weighted by Crippen LogP contribution is 2.39. The van der Waals surface area contributed by atoms with Crippen LogP contribution in [0.25, 0.3) is 0 Å². The Hall–Kier alpha value is -2.55. The van der Waals surface area contributed by atoms with Crippen LogP contribution >= 0.6 is 11.3 Å². The zero-order valence-electron chi connectivity index (χ0n) is 12.8. The van der Waals surface area contributed by atoms with Crippen molar-refractivity contribution in [3.63, 3.8) is 0 Å². The molecule has 1 aromatic carbocycles. The normalized spacial score (nSPS) is 13.4. The van der Waals surface area contributed by atoms with Gasteiger partial charge in [0.15, 0.2) is 0 Å². The van der Waals surface area contributed by atoms with Crippen LogP contribution in [0.3, 0.4) is 0 Å². The smallest absolute Gasteiger partial charge is 0.405 e. The van der Waals surface area contributed by atoms with Crippen molar-refractivity contribution in [2.24, 2.45) is 5.73 Å². The number of anilines is 1. The van der Waals surface area contributed by atoms with Crippen molar-refractivity contribution in [1.29, 1.82) is 0 Å². The molecule has 0 atom stereocenters. The zero-order valence-corrected chi connectivity index (χ0v) is 13.6. The molecule has 9 heteroatoms. The van der Waals surface area contributed by atoms with Crippen LogP contribution in [0.5, 0.6) is 5.75 Å². The van der Waals surface area contributed by atoms with Crippen LogP contribution in [0.1, 0.15) is 37.6 Å². The van der Waals surface area contributed by atoms with Gasteiger partial charge in [-0.05, 0) is 37.0 Å². The number of carbonyl (C=O) groups excluding carboxylic acids is 2. The van der Waals surface area contributed by atoms with Gasteiger partial charge in [-0.1, -0.05) is 12.1 Å². The van der Waals surface area contributed by atoms with Crippen LogP contribution in [-0.4, -0.2) is 18.2 Å². The van der Waals surface area contributed by atoms with Gasteiger partial charge >= 0.3 is 6.36 Å². The summed E-state index contributed by atoms with van der Waals surface area (Å²) >= 11 is 1.22. The Morgan fingerprint density at radius 3 is 2.60 bits per heavy atom. The van der Waals surface area contributed by atoms with Gasteiger partial charge in [0.1, 0.15) is 10.8 Å². The minimum absolute atomic E-state index is 0.236. The van der Waals surface area contributed by atoms with Crippen molar-refractivity contribution in [2.75, 3.05) is 5.32 Å². The number of hydrogen-bond acceptors (Lipinski definition) is 4. The first-order valence-corrected chi connectivity index (χ1v) is 8.18. The van der Waals surface area contributed by atoms with Crippen LogP contribution in [0.2, 0.25) is 0 Å². The molecule has 0 aliphatic heterocycles. The van der Waals surface area contributed by atoms with Crippen molar-refractivity contribution in [3.8, 4) is 5.75 Å². The predicted octanol–water partition coefficient (Wildman–Crippen LogP) is 3.49. The maximum Gasteiger partial charge on any atom is 0.573 e. The van der Waals surface area contributed by atoms with Gasteiger partial charge in [0.05, 0.1) is 11.1 Å². The van der Waals surface area contributed by atoms with Crippen LogP contribution in [0, 0.1) is 0 Å². The first-order chi connectivity index (χ1) is 11.8. The molecule has 1 heterocycles. The zero-order chi connectivity index (χ0) is 18.2. The molecule has 25 heavy (non-hydrogen) atoms. The van der Waals surface area contributed by atoms with Crippen LogP contribution in [0.15, 0.2) is 24.3 Å². The summed E-state index contributed by atoms with van der Waals surface area (Å²) in [5, 5.41) is 2.75. The van der Waals surface area contributed by atoms with E-state index in [1.54, 1.807) is 0 Å². The number of amides is 2. The Balaban J connectivity index is 1.91. The van der Waals surface area contributed by atoms with E-state index in [4.69, 9.17) is 5.73 Å². The molecule has 0 spiro atoms. The topological polar surface area (TPSA) is 81.4 Å². The molecule has 1 aliphatic rings. The van der Waals surface area contributed by atoms with E-state index in [-0.39, 0.29) is 16.1 Å². The Labute approximate surface area is 144 Å². The SMILES string of the molecule is NC(=O)c1c(NC(=O)c2ccccc2OC(F)(F)F)sc2c1CCC2. The van der Waals surface area contributed by atoms with Crippen molar-refractivity contribution in [3.05, 3.63) is 45.8 Å². The molecule has 0 radical (unpaired) electrons. The number of carbonyl (C=O) groups is 2. The second-order valence-electron chi connectivity index (χ2n) is 5.42. The fourth-order valence-electron chi connectivity index (χ4n) is 2.79. The molecule has 3 rings (SSSR count). The number of fused-ring (bicyclic) bond motifs is 1. The minimum Gasteiger partial charge on any atom is -0.405 e. The average molecular weight is 370 g/mol. The van der Waals surface area contributed by atoms with Crippen LogP contribution in [0.4, 0.5) is 18.2 Å². The Morgan fingerprint density at radius 1 is 1.20 bits per heavy atom. The third-order valence-electron chi connectivity index (χ3n) is 3.75. The number of rotatable bonds is 4. The number of nitrogens with two attached hydrogens (primary N) is 1. The minimum atomic E-state index is -4.92. The summed E-state index contributed by atoms with van der Waals surface area (Å²) in [5.74, 6) is -2.09. The third kappa shape index (κ3) is 3.60. The molecule has 0 bridgehead atoms. The van der Waals surface area contributed by atoms with E-state index in [1.165, 1.54) is 29.5 Å². The van der Waals surface area contributed by atoms with Gasteiger partial charge in [0.2, 0.25) is 0 Å². The first kappa shape index (κ1) is 17.3. The molecule has 0 saturated carbocycles. The van der Waals surface area contributed by atoms with Gasteiger partial charge in [-0.2, -0.15) is 0 Å². The fraction of sp³-hybridized carbons (Fsp3) is 0.250. The number of alkyl halides is 3. The highest BCUT2D eigenvalue weighted by Gasteiger charge is 2.33. The van der Waals surface area contributed by atoms with Crippen molar-refractivity contribution in [1.82, 2.24) is 0 Å². The van der Waals surface area contributed by atoms with Crippen molar-refractivity contribution in [2.45, 2.75) is 25.6 Å². The van der Waals surface area contributed by atoms with Gasteiger partial charge in [-0.25, -0.2) is 0 Å². The summed E-state index contributed by atoms with van der Waals surface area (Å²) in [5.41, 5.74) is 6.16. The summed E-state index contributed by atoms with van der Waals surface area (Å²) in [7, 11) is 0. The number of primary amides is 1. The number of thiophene rings is 1. The molecular weight excluding hydrogens is 357 g/mol. The molecule has 2 amide bonds. The summed E-state index contributed by atoms with van der Waals surface area (Å²) in [4.78, 5) is 25.1. The lowest BCUT2D eigenvalue weighted by molar-refractivity contribution is -0.274. The third-order valence-corrected chi connectivity index (χ3v) is 4.96. The second kappa shape index (κ2) is 6.40. The second-order valence-corrected chi connectivity index (χ2v) is 6.53. The van der Waals surface area contributed by atoms with Gasteiger partial charge in [0, 0.05) is 4.88 Å². The van der Waals surface area contributed by atoms with E-state index >= 15 is 0 Å². The van der Waals surface area contributed by atoms with Gasteiger partial charge in [-0.15, -0.1) is 24.5 Å². The molecule has 0 saturated heterocycles. The number of nitrogens with one attached hydrogen (secondary N) is 1. The van der Waals surface area contributed by atoms with E-state index in [1.807, 2.05) is 0 Å². The van der Waals surface area contributed by atoms with Crippen molar-refractivity contribution < 1.29 is 27.5 Å². The number of para-hydroxylation sites is 1. The Bertz CT molecular complexity index is 846. The van der Waals surface area contributed by atoms with E-state index in [0.29, 0.717) is 6.42 Å². The van der Waals surface area contributed by atoms with E-state index in [0.717, 1.165) is 29.3 Å². The predicted molar refractivity (Wildman–Crippen MR) is 85.9 cm³/mol. The molecule has 0 fully saturated rings. The summed E-state index contributed by atoms with van der Waals surface area (Å²) < 4.78 is 41.3. The summed E-state index contributed by atoms with van der Waals surface area (Å²) in [6, 6.07) is 5.00. The van der Waals surface area contributed by atoms with E-state index in [9.17, 15) is 22.8 Å². The largest absolute Gasteiger partial charge is 0.573 e. The fourth-order valence-corrected chi connectivity index (χ4v) is 4.08. The Morgan fingerprint density at radius 2 is 1.92 bits per heavy atom. The number of hydrogen-bond donors (Lipinski definition) is 2. The lowest BCUT2D eigenvalue weighted by atomic mass is 10.1. The lowest BCUT2D eigenvalue weighted by Gasteiger charge is -2.13. The first-order valence-electron chi connectivity index (χ1n) is 7.36. The number of benzene rings is 1.